The Bertz CT molecular complexity index is 339. The SMILES string of the molecule is CC1CCNC1C(=O)NCCc1cscn1. The summed E-state index contributed by atoms with van der Waals surface area (Å²) in [6.45, 7) is 3.74. The summed E-state index contributed by atoms with van der Waals surface area (Å²) in [6.07, 6.45) is 1.90. The molecular formula is C11H17N3OS. The summed E-state index contributed by atoms with van der Waals surface area (Å²) in [4.78, 5) is 16.0. The summed E-state index contributed by atoms with van der Waals surface area (Å²) in [7, 11) is 0. The first-order valence-corrected chi connectivity index (χ1v) is 6.60. The second kappa shape index (κ2) is 5.41. The molecule has 0 aromatic carbocycles. The van der Waals surface area contributed by atoms with Crippen molar-refractivity contribution < 1.29 is 4.79 Å². The van der Waals surface area contributed by atoms with Crippen molar-refractivity contribution in [1.82, 2.24) is 15.6 Å². The van der Waals surface area contributed by atoms with Crippen LogP contribution in [0.4, 0.5) is 0 Å². The lowest BCUT2D eigenvalue weighted by atomic mass is 10.0. The van der Waals surface area contributed by atoms with E-state index in [-0.39, 0.29) is 11.9 Å². The average molecular weight is 239 g/mol. The molecule has 1 fully saturated rings. The van der Waals surface area contributed by atoms with Crippen LogP contribution in [0.3, 0.4) is 0 Å². The van der Waals surface area contributed by atoms with Gasteiger partial charge in [-0.15, -0.1) is 11.3 Å². The minimum atomic E-state index is -0.00423. The van der Waals surface area contributed by atoms with Crippen molar-refractivity contribution in [2.45, 2.75) is 25.8 Å². The van der Waals surface area contributed by atoms with Crippen molar-refractivity contribution in [3.63, 3.8) is 0 Å². The van der Waals surface area contributed by atoms with Gasteiger partial charge in [0.1, 0.15) is 0 Å². The molecule has 1 aliphatic heterocycles. The van der Waals surface area contributed by atoms with Crippen molar-refractivity contribution >= 4 is 17.2 Å². The van der Waals surface area contributed by atoms with Gasteiger partial charge in [0.25, 0.3) is 0 Å². The fraction of sp³-hybridized carbons (Fsp3) is 0.636. The van der Waals surface area contributed by atoms with Crippen LogP contribution in [0.1, 0.15) is 19.0 Å². The molecule has 0 saturated carbocycles. The maximum atomic E-state index is 11.8. The van der Waals surface area contributed by atoms with Gasteiger partial charge >= 0.3 is 0 Å². The summed E-state index contributed by atoms with van der Waals surface area (Å²) in [5.74, 6) is 0.569. The molecule has 2 atom stereocenters. The van der Waals surface area contributed by atoms with Crippen LogP contribution < -0.4 is 10.6 Å². The Labute approximate surface area is 99.5 Å². The molecular weight excluding hydrogens is 222 g/mol. The smallest absolute Gasteiger partial charge is 0.237 e. The van der Waals surface area contributed by atoms with E-state index in [1.54, 1.807) is 11.3 Å². The van der Waals surface area contributed by atoms with Crippen molar-refractivity contribution in [3.05, 3.63) is 16.6 Å². The third-order valence-electron chi connectivity index (χ3n) is 2.98. The highest BCUT2D eigenvalue weighted by atomic mass is 32.1. The molecule has 0 spiro atoms. The number of nitrogens with one attached hydrogen (secondary N) is 2. The predicted octanol–water partition coefficient (Wildman–Crippen LogP) is 0.800. The Balaban J connectivity index is 1.71. The first-order valence-electron chi connectivity index (χ1n) is 5.65. The highest BCUT2D eigenvalue weighted by Crippen LogP contribution is 2.14. The lowest BCUT2D eigenvalue weighted by Crippen LogP contribution is -2.43. The maximum absolute atomic E-state index is 11.8. The van der Waals surface area contributed by atoms with Crippen LogP contribution in [-0.2, 0) is 11.2 Å². The fourth-order valence-electron chi connectivity index (χ4n) is 1.97. The van der Waals surface area contributed by atoms with Crippen LogP contribution in [-0.4, -0.2) is 30.0 Å². The Morgan fingerprint density at radius 2 is 2.62 bits per heavy atom. The zero-order chi connectivity index (χ0) is 11.4. The zero-order valence-electron chi connectivity index (χ0n) is 9.40. The molecule has 0 radical (unpaired) electrons. The molecule has 2 heterocycles. The average Bonchev–Trinajstić information content (AvgIpc) is 2.88. The van der Waals surface area contributed by atoms with Crippen molar-refractivity contribution in [1.29, 1.82) is 0 Å². The molecule has 0 bridgehead atoms. The molecule has 2 unspecified atom stereocenters. The molecule has 2 N–H and O–H groups in total. The van der Waals surface area contributed by atoms with Crippen molar-refractivity contribution in [3.8, 4) is 0 Å². The van der Waals surface area contributed by atoms with Crippen LogP contribution in [0.25, 0.3) is 0 Å². The number of hydrogen-bond acceptors (Lipinski definition) is 4. The second-order valence-corrected chi connectivity index (χ2v) is 4.94. The minimum Gasteiger partial charge on any atom is -0.354 e. The first-order chi connectivity index (χ1) is 7.77. The van der Waals surface area contributed by atoms with Gasteiger partial charge in [0.15, 0.2) is 0 Å². The normalized spacial score (nSPS) is 24.6. The van der Waals surface area contributed by atoms with Crippen LogP contribution in [0.15, 0.2) is 10.9 Å². The van der Waals surface area contributed by atoms with E-state index in [1.165, 1.54) is 0 Å². The third-order valence-corrected chi connectivity index (χ3v) is 3.61. The highest BCUT2D eigenvalue weighted by molar-refractivity contribution is 7.07. The molecule has 1 aromatic rings. The Kier molecular flexibility index (Phi) is 3.90. The number of carbonyl (C=O) groups excluding carboxylic acids is 1. The number of thiazole rings is 1. The van der Waals surface area contributed by atoms with E-state index in [9.17, 15) is 4.79 Å². The number of nitrogens with zero attached hydrogens (tertiary/aromatic N) is 1. The van der Waals surface area contributed by atoms with E-state index in [0.717, 1.165) is 25.1 Å². The van der Waals surface area contributed by atoms with Gasteiger partial charge in [-0.3, -0.25) is 4.79 Å². The lowest BCUT2D eigenvalue weighted by Gasteiger charge is -2.14. The van der Waals surface area contributed by atoms with E-state index in [0.29, 0.717) is 12.5 Å². The Morgan fingerprint density at radius 3 is 3.25 bits per heavy atom. The van der Waals surface area contributed by atoms with Gasteiger partial charge in [-0.1, -0.05) is 6.92 Å². The quantitative estimate of drug-likeness (QED) is 0.817. The van der Waals surface area contributed by atoms with Crippen molar-refractivity contribution in [2.24, 2.45) is 5.92 Å². The van der Waals surface area contributed by atoms with Crippen LogP contribution in [0, 0.1) is 5.92 Å². The molecule has 0 aliphatic carbocycles. The van der Waals surface area contributed by atoms with Crippen LogP contribution in [0.5, 0.6) is 0 Å². The number of carbonyl (C=O) groups is 1. The first kappa shape index (κ1) is 11.5. The van der Waals surface area contributed by atoms with Gasteiger partial charge in [0.2, 0.25) is 5.91 Å². The maximum Gasteiger partial charge on any atom is 0.237 e. The van der Waals surface area contributed by atoms with E-state index in [4.69, 9.17) is 0 Å². The van der Waals surface area contributed by atoms with Crippen LogP contribution >= 0.6 is 11.3 Å². The van der Waals surface area contributed by atoms with Gasteiger partial charge in [-0.25, -0.2) is 4.98 Å². The summed E-state index contributed by atoms with van der Waals surface area (Å²) in [6, 6.07) is -0.00423. The molecule has 16 heavy (non-hydrogen) atoms. The summed E-state index contributed by atoms with van der Waals surface area (Å²) >= 11 is 1.59. The summed E-state index contributed by atoms with van der Waals surface area (Å²) < 4.78 is 0. The number of aromatic nitrogens is 1. The van der Waals surface area contributed by atoms with Crippen LogP contribution in [0.2, 0.25) is 0 Å². The lowest BCUT2D eigenvalue weighted by molar-refractivity contribution is -0.123. The molecule has 1 saturated heterocycles. The molecule has 1 aliphatic rings. The standard InChI is InChI=1S/C11H17N3OS/c1-8-2-4-12-10(8)11(15)13-5-3-9-6-16-7-14-9/h6-8,10,12H,2-5H2,1H3,(H,13,15). The second-order valence-electron chi connectivity index (χ2n) is 4.22. The Hall–Kier alpha value is -0.940. The number of rotatable bonds is 4. The van der Waals surface area contributed by atoms with E-state index in [1.807, 2.05) is 10.9 Å². The van der Waals surface area contributed by atoms with Gasteiger partial charge in [-0.05, 0) is 18.9 Å². The minimum absolute atomic E-state index is 0.00423. The summed E-state index contributed by atoms with van der Waals surface area (Å²) in [5.41, 5.74) is 2.87. The molecule has 88 valence electrons. The van der Waals surface area contributed by atoms with Gasteiger partial charge in [0.05, 0.1) is 17.2 Å². The number of amides is 1. The highest BCUT2D eigenvalue weighted by Gasteiger charge is 2.28. The molecule has 5 heteroatoms. The zero-order valence-corrected chi connectivity index (χ0v) is 10.2. The molecule has 1 amide bonds. The third kappa shape index (κ3) is 2.80. The topological polar surface area (TPSA) is 54.0 Å². The molecule has 2 rings (SSSR count). The van der Waals surface area contributed by atoms with Crippen molar-refractivity contribution in [2.75, 3.05) is 13.1 Å². The molecule has 4 nitrogen and oxygen atoms in total. The number of hydrogen-bond donors (Lipinski definition) is 2. The molecule has 1 aromatic heterocycles. The van der Waals surface area contributed by atoms with Gasteiger partial charge in [-0.2, -0.15) is 0 Å². The van der Waals surface area contributed by atoms with E-state index in [2.05, 4.69) is 22.5 Å². The summed E-state index contributed by atoms with van der Waals surface area (Å²) in [5, 5.41) is 8.20. The fourth-order valence-corrected chi connectivity index (χ4v) is 2.56. The monoisotopic (exact) mass is 239 g/mol. The van der Waals surface area contributed by atoms with Gasteiger partial charge < -0.3 is 10.6 Å². The van der Waals surface area contributed by atoms with Gasteiger partial charge in [0, 0.05) is 18.3 Å². The van der Waals surface area contributed by atoms with E-state index >= 15 is 0 Å². The van der Waals surface area contributed by atoms with E-state index < -0.39 is 0 Å². The Morgan fingerprint density at radius 1 is 1.75 bits per heavy atom. The predicted molar refractivity (Wildman–Crippen MR) is 64.4 cm³/mol. The largest absolute Gasteiger partial charge is 0.354 e.